The number of piperidine rings is 1. The van der Waals surface area contributed by atoms with E-state index in [9.17, 15) is 9.59 Å². The van der Waals surface area contributed by atoms with Gasteiger partial charge in [0.25, 0.3) is 0 Å². The fourth-order valence-corrected chi connectivity index (χ4v) is 2.71. The van der Waals surface area contributed by atoms with Gasteiger partial charge in [-0.25, -0.2) is 4.79 Å². The molecule has 22 heavy (non-hydrogen) atoms. The molecule has 0 bridgehead atoms. The molecule has 0 aliphatic carbocycles. The molecule has 1 fully saturated rings. The number of carboxylic acid groups (broad SMARTS) is 1. The number of carbonyl (C=O) groups is 2. The van der Waals surface area contributed by atoms with Crippen molar-refractivity contribution in [3.8, 4) is 0 Å². The van der Waals surface area contributed by atoms with Crippen molar-refractivity contribution in [2.75, 3.05) is 13.1 Å². The van der Waals surface area contributed by atoms with Crippen molar-refractivity contribution >= 4 is 12.1 Å². The van der Waals surface area contributed by atoms with E-state index in [-0.39, 0.29) is 12.0 Å². The van der Waals surface area contributed by atoms with Gasteiger partial charge in [-0.05, 0) is 58.8 Å². The summed E-state index contributed by atoms with van der Waals surface area (Å²) in [5, 5.41) is 9.14. The Bertz CT molecular complexity index is 392. The molecule has 0 aromatic heterocycles. The van der Waals surface area contributed by atoms with Gasteiger partial charge in [0.15, 0.2) is 0 Å². The number of nitrogens with zero attached hydrogens (tertiary/aromatic N) is 1. The maximum absolute atomic E-state index is 12.0. The van der Waals surface area contributed by atoms with Gasteiger partial charge >= 0.3 is 12.1 Å². The summed E-state index contributed by atoms with van der Waals surface area (Å²) < 4.78 is 5.37. The highest BCUT2D eigenvalue weighted by Crippen LogP contribution is 2.26. The predicted octanol–water partition coefficient (Wildman–Crippen LogP) is 3.69. The smallest absolute Gasteiger partial charge is 0.410 e. The largest absolute Gasteiger partial charge is 0.481 e. The average Bonchev–Trinajstić information content (AvgIpc) is 2.41. The van der Waals surface area contributed by atoms with Gasteiger partial charge in [0, 0.05) is 13.1 Å². The van der Waals surface area contributed by atoms with Crippen LogP contribution in [0.5, 0.6) is 0 Å². The normalized spacial score (nSPS) is 17.9. The van der Waals surface area contributed by atoms with Gasteiger partial charge in [0.1, 0.15) is 5.60 Å². The number of hydrogen-bond acceptors (Lipinski definition) is 3. The third-order valence-corrected chi connectivity index (χ3v) is 3.99. The molecular weight excluding hydrogens is 282 g/mol. The first kappa shape index (κ1) is 18.5. The van der Waals surface area contributed by atoms with E-state index < -0.39 is 11.6 Å². The number of carboxylic acids is 1. The van der Waals surface area contributed by atoms with E-state index in [4.69, 9.17) is 9.84 Å². The number of likely N-dealkylation sites (tertiary alicyclic amines) is 1. The molecule has 1 atom stereocenters. The van der Waals surface area contributed by atoms with Crippen LogP contribution in [0.15, 0.2) is 12.7 Å². The predicted molar refractivity (Wildman–Crippen MR) is 85.7 cm³/mol. The number of carbonyl (C=O) groups excluding carboxylic acids is 1. The van der Waals surface area contributed by atoms with E-state index in [0.717, 1.165) is 19.3 Å². The highest BCUT2D eigenvalue weighted by molar-refractivity contribution is 5.70. The first-order valence-electron chi connectivity index (χ1n) is 8.04. The molecule has 1 N–H and O–H groups in total. The van der Waals surface area contributed by atoms with Gasteiger partial charge < -0.3 is 14.7 Å². The van der Waals surface area contributed by atoms with Gasteiger partial charge in [-0.2, -0.15) is 0 Å². The van der Waals surface area contributed by atoms with E-state index in [0.29, 0.717) is 31.8 Å². The van der Waals surface area contributed by atoms with Crippen molar-refractivity contribution in [1.82, 2.24) is 4.90 Å². The molecule has 1 aliphatic heterocycles. The number of rotatable bonds is 6. The zero-order chi connectivity index (χ0) is 16.8. The molecule has 5 heteroatoms. The van der Waals surface area contributed by atoms with Crippen molar-refractivity contribution in [2.24, 2.45) is 11.8 Å². The third kappa shape index (κ3) is 6.50. The standard InChI is InChI=1S/C17H29NO4/c1-5-6-14(15(19)20)8-7-13-9-11-18(12-10-13)16(21)22-17(2,3)4/h5,13-14H,1,6-12H2,2-4H3,(H,19,20)/t14-/m0/s1. The molecule has 0 saturated carbocycles. The maximum Gasteiger partial charge on any atom is 0.410 e. The van der Waals surface area contributed by atoms with Crippen LogP contribution in [0.1, 0.15) is 52.9 Å². The Hall–Kier alpha value is -1.52. The number of hydrogen-bond donors (Lipinski definition) is 1. The Morgan fingerprint density at radius 3 is 2.41 bits per heavy atom. The van der Waals surface area contributed by atoms with Crippen LogP contribution in [0.4, 0.5) is 4.79 Å². The highest BCUT2D eigenvalue weighted by atomic mass is 16.6. The zero-order valence-electron chi connectivity index (χ0n) is 14.0. The number of allylic oxidation sites excluding steroid dienone is 1. The Labute approximate surface area is 133 Å². The van der Waals surface area contributed by atoms with Crippen molar-refractivity contribution in [3.05, 3.63) is 12.7 Å². The minimum atomic E-state index is -0.744. The van der Waals surface area contributed by atoms with Crippen LogP contribution >= 0.6 is 0 Å². The third-order valence-electron chi connectivity index (χ3n) is 3.99. The molecule has 0 aromatic carbocycles. The van der Waals surface area contributed by atoms with Crippen molar-refractivity contribution in [2.45, 2.75) is 58.5 Å². The fourth-order valence-electron chi connectivity index (χ4n) is 2.71. The molecule has 0 aromatic rings. The van der Waals surface area contributed by atoms with Crippen LogP contribution in [0.3, 0.4) is 0 Å². The van der Waals surface area contributed by atoms with Crippen LogP contribution in [0.2, 0.25) is 0 Å². The second-order valence-electron chi connectivity index (χ2n) is 7.05. The van der Waals surface area contributed by atoms with Gasteiger partial charge in [-0.3, -0.25) is 4.79 Å². The van der Waals surface area contributed by atoms with Crippen LogP contribution in [-0.2, 0) is 9.53 Å². The first-order valence-corrected chi connectivity index (χ1v) is 8.04. The summed E-state index contributed by atoms with van der Waals surface area (Å²) in [4.78, 5) is 24.8. The second-order valence-corrected chi connectivity index (χ2v) is 7.05. The van der Waals surface area contributed by atoms with Gasteiger partial charge in [-0.1, -0.05) is 6.08 Å². The molecule has 1 saturated heterocycles. The topological polar surface area (TPSA) is 66.8 Å². The summed E-state index contributed by atoms with van der Waals surface area (Å²) in [5.41, 5.74) is -0.465. The number of amides is 1. The monoisotopic (exact) mass is 311 g/mol. The average molecular weight is 311 g/mol. The molecule has 0 radical (unpaired) electrons. The Kier molecular flexibility index (Phi) is 6.91. The Morgan fingerprint density at radius 2 is 1.95 bits per heavy atom. The lowest BCUT2D eigenvalue weighted by molar-refractivity contribution is -0.142. The van der Waals surface area contributed by atoms with E-state index in [1.165, 1.54) is 0 Å². The van der Waals surface area contributed by atoms with Gasteiger partial charge in [0.05, 0.1) is 5.92 Å². The SMILES string of the molecule is C=CC[C@@H](CCC1CCN(C(=O)OC(C)(C)C)CC1)C(=O)O. The Morgan fingerprint density at radius 1 is 1.36 bits per heavy atom. The van der Waals surface area contributed by atoms with Crippen LogP contribution in [0, 0.1) is 11.8 Å². The fraction of sp³-hybridized carbons (Fsp3) is 0.765. The molecule has 5 nitrogen and oxygen atoms in total. The van der Waals surface area contributed by atoms with Gasteiger partial charge in [-0.15, -0.1) is 6.58 Å². The van der Waals surface area contributed by atoms with Gasteiger partial charge in [0.2, 0.25) is 0 Å². The highest BCUT2D eigenvalue weighted by Gasteiger charge is 2.27. The number of ether oxygens (including phenoxy) is 1. The maximum atomic E-state index is 12.0. The molecule has 0 unspecified atom stereocenters. The van der Waals surface area contributed by atoms with E-state index in [1.54, 1.807) is 11.0 Å². The molecule has 1 heterocycles. The lowest BCUT2D eigenvalue weighted by Gasteiger charge is -2.33. The molecule has 126 valence electrons. The molecule has 1 rings (SSSR count). The first-order chi connectivity index (χ1) is 10.2. The minimum absolute atomic E-state index is 0.249. The summed E-state index contributed by atoms with van der Waals surface area (Å²) in [6, 6.07) is 0. The molecule has 1 amide bonds. The summed E-state index contributed by atoms with van der Waals surface area (Å²) in [6.45, 7) is 10.6. The summed E-state index contributed by atoms with van der Waals surface area (Å²) in [6.07, 6.45) is 5.35. The van der Waals surface area contributed by atoms with Crippen molar-refractivity contribution < 1.29 is 19.4 Å². The van der Waals surface area contributed by atoms with Crippen LogP contribution in [-0.4, -0.2) is 40.8 Å². The van der Waals surface area contributed by atoms with Crippen LogP contribution in [0.25, 0.3) is 0 Å². The van der Waals surface area contributed by atoms with Crippen molar-refractivity contribution in [1.29, 1.82) is 0 Å². The second kappa shape index (κ2) is 8.20. The summed E-state index contributed by atoms with van der Waals surface area (Å²) in [5.74, 6) is -0.585. The summed E-state index contributed by atoms with van der Waals surface area (Å²) in [7, 11) is 0. The molecule has 0 spiro atoms. The summed E-state index contributed by atoms with van der Waals surface area (Å²) >= 11 is 0. The number of aliphatic carboxylic acids is 1. The van der Waals surface area contributed by atoms with Crippen LogP contribution < -0.4 is 0 Å². The van der Waals surface area contributed by atoms with E-state index in [2.05, 4.69) is 6.58 Å². The lowest BCUT2D eigenvalue weighted by Crippen LogP contribution is -2.41. The van der Waals surface area contributed by atoms with Crippen molar-refractivity contribution in [3.63, 3.8) is 0 Å². The molecule has 1 aliphatic rings. The van der Waals surface area contributed by atoms with E-state index in [1.807, 2.05) is 20.8 Å². The minimum Gasteiger partial charge on any atom is -0.481 e. The molecular formula is C17H29NO4. The Balaban J connectivity index is 2.34. The quantitative estimate of drug-likeness (QED) is 0.760. The lowest BCUT2D eigenvalue weighted by atomic mass is 9.88. The zero-order valence-corrected chi connectivity index (χ0v) is 14.0. The van der Waals surface area contributed by atoms with E-state index >= 15 is 0 Å².